The molecule has 6 heteroatoms. The lowest BCUT2D eigenvalue weighted by molar-refractivity contribution is -0.184. The first kappa shape index (κ1) is 12.4. The van der Waals surface area contributed by atoms with E-state index < -0.39 is 24.7 Å². The standard InChI is InChI=1S/C7H11F3O3/c1-3-13-6(12-2)4-5(11)7(8,9)10/h6H,3-4H2,1-2H3. The van der Waals surface area contributed by atoms with Crippen molar-refractivity contribution < 1.29 is 27.4 Å². The van der Waals surface area contributed by atoms with Crippen LogP contribution in [0.2, 0.25) is 0 Å². The minimum absolute atomic E-state index is 0.198. The summed E-state index contributed by atoms with van der Waals surface area (Å²) in [5, 5.41) is 0. The molecule has 0 heterocycles. The summed E-state index contributed by atoms with van der Waals surface area (Å²) in [4.78, 5) is 10.4. The number of hydrogen-bond acceptors (Lipinski definition) is 3. The molecule has 0 rings (SSSR count). The summed E-state index contributed by atoms with van der Waals surface area (Å²) in [5.41, 5.74) is 0. The second-order valence-electron chi connectivity index (χ2n) is 2.25. The molecule has 0 radical (unpaired) electrons. The number of ether oxygens (including phenoxy) is 2. The molecule has 0 saturated heterocycles. The van der Waals surface area contributed by atoms with E-state index >= 15 is 0 Å². The molecule has 78 valence electrons. The van der Waals surface area contributed by atoms with Crippen molar-refractivity contribution in [2.75, 3.05) is 13.7 Å². The third-order valence-corrected chi connectivity index (χ3v) is 1.28. The number of carbonyl (C=O) groups excluding carboxylic acids is 1. The van der Waals surface area contributed by atoms with Gasteiger partial charge in [0, 0.05) is 13.7 Å². The van der Waals surface area contributed by atoms with E-state index in [4.69, 9.17) is 4.74 Å². The summed E-state index contributed by atoms with van der Waals surface area (Å²) in [6, 6.07) is 0. The molecule has 0 aromatic rings. The van der Waals surface area contributed by atoms with E-state index in [2.05, 4.69) is 4.74 Å². The third-order valence-electron chi connectivity index (χ3n) is 1.28. The number of hydrogen-bond donors (Lipinski definition) is 0. The Bertz CT molecular complexity index is 167. The summed E-state index contributed by atoms with van der Waals surface area (Å²) in [7, 11) is 1.18. The van der Waals surface area contributed by atoms with E-state index in [1.54, 1.807) is 6.92 Å². The Labute approximate surface area is 73.8 Å². The fourth-order valence-electron chi connectivity index (χ4n) is 0.663. The quantitative estimate of drug-likeness (QED) is 0.631. The van der Waals surface area contributed by atoms with Crippen molar-refractivity contribution in [3.8, 4) is 0 Å². The topological polar surface area (TPSA) is 35.5 Å². The van der Waals surface area contributed by atoms with Gasteiger partial charge < -0.3 is 9.47 Å². The molecule has 1 unspecified atom stereocenters. The molecule has 13 heavy (non-hydrogen) atoms. The molecule has 0 amide bonds. The molecule has 0 spiro atoms. The Morgan fingerprint density at radius 3 is 2.31 bits per heavy atom. The summed E-state index contributed by atoms with van der Waals surface area (Å²) < 4.78 is 44.4. The first-order valence-electron chi connectivity index (χ1n) is 3.66. The Morgan fingerprint density at radius 1 is 1.46 bits per heavy atom. The van der Waals surface area contributed by atoms with Crippen molar-refractivity contribution in [3.63, 3.8) is 0 Å². The lowest BCUT2D eigenvalue weighted by atomic mass is 10.2. The molecule has 0 aromatic heterocycles. The number of Topliss-reactive ketones (excluding diaryl/α,β-unsaturated/α-hetero) is 1. The van der Waals surface area contributed by atoms with Crippen LogP contribution in [0.1, 0.15) is 13.3 Å². The van der Waals surface area contributed by atoms with Gasteiger partial charge in [-0.15, -0.1) is 0 Å². The van der Waals surface area contributed by atoms with Crippen LogP contribution in [0.4, 0.5) is 13.2 Å². The zero-order valence-electron chi connectivity index (χ0n) is 7.35. The smallest absolute Gasteiger partial charge is 0.355 e. The second-order valence-corrected chi connectivity index (χ2v) is 2.25. The molecule has 0 aromatic carbocycles. The molecular weight excluding hydrogens is 189 g/mol. The highest BCUT2D eigenvalue weighted by Crippen LogP contribution is 2.19. The molecule has 0 aliphatic heterocycles. The lowest BCUT2D eigenvalue weighted by Crippen LogP contribution is -2.29. The van der Waals surface area contributed by atoms with Crippen LogP contribution < -0.4 is 0 Å². The van der Waals surface area contributed by atoms with Gasteiger partial charge in [-0.1, -0.05) is 0 Å². The molecule has 0 aliphatic rings. The monoisotopic (exact) mass is 200 g/mol. The Balaban J connectivity index is 4.01. The van der Waals surface area contributed by atoms with E-state index in [1.165, 1.54) is 7.11 Å². The van der Waals surface area contributed by atoms with Gasteiger partial charge in [0.25, 0.3) is 0 Å². The predicted octanol–water partition coefficient (Wildman–Crippen LogP) is 1.52. The first-order chi connectivity index (χ1) is 5.91. The van der Waals surface area contributed by atoms with Gasteiger partial charge in [-0.25, -0.2) is 0 Å². The molecule has 0 bridgehead atoms. The summed E-state index contributed by atoms with van der Waals surface area (Å²) in [6.07, 6.45) is -6.72. The van der Waals surface area contributed by atoms with Crippen molar-refractivity contribution >= 4 is 5.78 Å². The Morgan fingerprint density at radius 2 is 2.00 bits per heavy atom. The maximum Gasteiger partial charge on any atom is 0.450 e. The third kappa shape index (κ3) is 4.84. The highest BCUT2D eigenvalue weighted by molar-refractivity contribution is 5.84. The van der Waals surface area contributed by atoms with Gasteiger partial charge in [0.1, 0.15) is 0 Å². The minimum Gasteiger partial charge on any atom is -0.355 e. The number of ketones is 1. The zero-order chi connectivity index (χ0) is 10.5. The van der Waals surface area contributed by atoms with Gasteiger partial charge in [-0.3, -0.25) is 4.79 Å². The van der Waals surface area contributed by atoms with E-state index in [1.807, 2.05) is 0 Å². The normalized spacial score (nSPS) is 14.2. The molecule has 0 saturated carbocycles. The largest absolute Gasteiger partial charge is 0.450 e. The van der Waals surface area contributed by atoms with Gasteiger partial charge >= 0.3 is 6.18 Å². The second kappa shape index (κ2) is 5.18. The van der Waals surface area contributed by atoms with Crippen LogP contribution in [-0.4, -0.2) is 32.0 Å². The van der Waals surface area contributed by atoms with E-state index in [9.17, 15) is 18.0 Å². The van der Waals surface area contributed by atoms with Gasteiger partial charge in [0.15, 0.2) is 6.29 Å². The van der Waals surface area contributed by atoms with Gasteiger partial charge in [-0.05, 0) is 6.92 Å². The van der Waals surface area contributed by atoms with Gasteiger partial charge in [-0.2, -0.15) is 13.2 Å². The highest BCUT2D eigenvalue weighted by Gasteiger charge is 2.39. The maximum absolute atomic E-state index is 11.7. The number of rotatable bonds is 5. The average Bonchev–Trinajstić information content (AvgIpc) is 2.01. The summed E-state index contributed by atoms with van der Waals surface area (Å²) in [5.74, 6) is -1.84. The molecule has 1 atom stereocenters. The number of methoxy groups -OCH3 is 1. The van der Waals surface area contributed by atoms with Crippen molar-refractivity contribution in [2.45, 2.75) is 25.8 Å². The number of halogens is 3. The number of alkyl halides is 3. The van der Waals surface area contributed by atoms with Crippen LogP contribution in [0.15, 0.2) is 0 Å². The first-order valence-corrected chi connectivity index (χ1v) is 3.66. The van der Waals surface area contributed by atoms with Crippen LogP contribution in [0.3, 0.4) is 0 Å². The van der Waals surface area contributed by atoms with E-state index in [-0.39, 0.29) is 6.61 Å². The van der Waals surface area contributed by atoms with Crippen molar-refractivity contribution in [1.82, 2.24) is 0 Å². The van der Waals surface area contributed by atoms with Crippen molar-refractivity contribution in [1.29, 1.82) is 0 Å². The van der Waals surface area contributed by atoms with E-state index in [0.717, 1.165) is 0 Å². The van der Waals surface area contributed by atoms with Crippen LogP contribution in [0.25, 0.3) is 0 Å². The molecule has 0 N–H and O–H groups in total. The molecule has 0 fully saturated rings. The van der Waals surface area contributed by atoms with Crippen LogP contribution in [0.5, 0.6) is 0 Å². The Hall–Kier alpha value is -0.620. The molecular formula is C7H11F3O3. The van der Waals surface area contributed by atoms with E-state index in [0.29, 0.717) is 0 Å². The number of carbonyl (C=O) groups is 1. The zero-order valence-corrected chi connectivity index (χ0v) is 7.35. The Kier molecular flexibility index (Phi) is 4.94. The van der Waals surface area contributed by atoms with Crippen molar-refractivity contribution in [2.24, 2.45) is 0 Å². The van der Waals surface area contributed by atoms with Crippen LogP contribution in [-0.2, 0) is 14.3 Å². The van der Waals surface area contributed by atoms with Crippen LogP contribution >= 0.6 is 0 Å². The summed E-state index contributed by atoms with van der Waals surface area (Å²) in [6.45, 7) is 1.80. The molecule has 3 nitrogen and oxygen atoms in total. The maximum atomic E-state index is 11.7. The highest BCUT2D eigenvalue weighted by atomic mass is 19.4. The fraction of sp³-hybridized carbons (Fsp3) is 0.857. The molecule has 0 aliphatic carbocycles. The minimum atomic E-state index is -4.81. The SMILES string of the molecule is CCOC(CC(=O)C(F)(F)F)OC. The van der Waals surface area contributed by atoms with Crippen molar-refractivity contribution in [3.05, 3.63) is 0 Å². The summed E-state index contributed by atoms with van der Waals surface area (Å²) >= 11 is 0. The van der Waals surface area contributed by atoms with Crippen LogP contribution in [0, 0.1) is 0 Å². The van der Waals surface area contributed by atoms with Gasteiger partial charge in [0.05, 0.1) is 6.42 Å². The lowest BCUT2D eigenvalue weighted by Gasteiger charge is -2.14. The van der Waals surface area contributed by atoms with Gasteiger partial charge in [0.2, 0.25) is 5.78 Å². The predicted molar refractivity (Wildman–Crippen MR) is 38.1 cm³/mol. The average molecular weight is 200 g/mol. The fourth-order valence-corrected chi connectivity index (χ4v) is 0.663.